The first kappa shape index (κ1) is 25.7. The first-order chi connectivity index (χ1) is 17.6. The Kier molecular flexibility index (Phi) is 5.61. The van der Waals surface area contributed by atoms with Gasteiger partial charge < -0.3 is 36.4 Å². The molecule has 38 heavy (non-hydrogen) atoms. The maximum atomic E-state index is 13.3. The van der Waals surface area contributed by atoms with Crippen molar-refractivity contribution in [3.8, 4) is 0 Å². The lowest BCUT2D eigenvalue weighted by atomic mass is 9.84. The van der Waals surface area contributed by atoms with Gasteiger partial charge in [-0.3, -0.25) is 30.1 Å². The Labute approximate surface area is 213 Å². The van der Waals surface area contributed by atoms with Crippen LogP contribution in [-0.2, 0) is 15.8 Å². The van der Waals surface area contributed by atoms with E-state index in [4.69, 9.17) is 10.8 Å². The summed E-state index contributed by atoms with van der Waals surface area (Å²) >= 11 is 0. The summed E-state index contributed by atoms with van der Waals surface area (Å²) < 4.78 is 39.8. The smallest absolute Gasteiger partial charge is 0.361 e. The van der Waals surface area contributed by atoms with Crippen LogP contribution < -0.4 is 21.3 Å². The minimum atomic E-state index is -4.70. The number of hydrogen-bond donors (Lipinski definition) is 8. The molecule has 1 aromatic rings. The number of guanidine groups is 2. The lowest BCUT2D eigenvalue weighted by Crippen LogP contribution is -2.81. The van der Waals surface area contributed by atoms with Gasteiger partial charge in [-0.1, -0.05) is 0 Å². The first-order valence-electron chi connectivity index (χ1n) is 11.7. The average Bonchev–Trinajstić information content (AvgIpc) is 3.41. The minimum Gasteiger partial charge on any atom is -0.361 e. The molecule has 0 aliphatic carbocycles. The highest BCUT2D eigenvalue weighted by molar-refractivity contribution is 6.02. The number of halogens is 3. The zero-order chi connectivity index (χ0) is 27.8. The fourth-order valence-electron chi connectivity index (χ4n) is 5.67. The van der Waals surface area contributed by atoms with E-state index in [1.165, 1.54) is 17.9 Å². The number of aryl methyl sites for hydroxylation is 1. The van der Waals surface area contributed by atoms with Crippen LogP contribution in [0, 0.1) is 17.7 Å². The summed E-state index contributed by atoms with van der Waals surface area (Å²) in [4.78, 5) is 39.5. The second kappa shape index (κ2) is 8.29. The van der Waals surface area contributed by atoms with Crippen LogP contribution in [0.25, 0.3) is 0 Å². The number of imide groups is 1. The number of rotatable bonds is 4. The molecule has 0 saturated carbocycles. The van der Waals surface area contributed by atoms with E-state index < -0.39 is 59.0 Å². The molecule has 204 valence electrons. The summed E-state index contributed by atoms with van der Waals surface area (Å²) in [6.45, 7) is 0.796. The number of amides is 3. The standard InChI is InChI=1S/C22H25F3N8O5/c1-9-4-10(6-11(5-9)22(23,24)25)17(36)29-13-8-33-19(27)28-12(7-32-14(34)2-3-15(32)35)16-20(33,21(13,37)38)31-18(26)30-16/h4-6,12-13,16,37-38H,2-3,7-8H2,1H3,(H2,27,28)(H,29,36)(H3,26,30,31)/t12-,13?,16-,20-/m0/s1. The Morgan fingerprint density at radius 1 is 1.16 bits per heavy atom. The highest BCUT2D eigenvalue weighted by Gasteiger charge is 2.74. The van der Waals surface area contributed by atoms with Gasteiger partial charge in [0.1, 0.15) is 6.04 Å². The van der Waals surface area contributed by atoms with E-state index in [0.29, 0.717) is 6.07 Å². The van der Waals surface area contributed by atoms with Gasteiger partial charge >= 0.3 is 6.18 Å². The number of carbonyl (C=O) groups is 3. The van der Waals surface area contributed by atoms with Crippen molar-refractivity contribution < 1.29 is 37.8 Å². The molecule has 0 radical (unpaired) electrons. The number of alkyl halides is 3. The molecule has 4 heterocycles. The molecule has 13 nitrogen and oxygen atoms in total. The molecule has 5 rings (SSSR count). The van der Waals surface area contributed by atoms with Crippen LogP contribution in [0.4, 0.5) is 13.2 Å². The van der Waals surface area contributed by atoms with Crippen molar-refractivity contribution in [3.05, 3.63) is 34.9 Å². The van der Waals surface area contributed by atoms with E-state index in [-0.39, 0.29) is 49.0 Å². The third-order valence-corrected chi connectivity index (χ3v) is 7.40. The topological polar surface area (TPSA) is 194 Å². The number of aliphatic hydroxyl groups is 2. The Morgan fingerprint density at radius 3 is 2.45 bits per heavy atom. The van der Waals surface area contributed by atoms with Crippen LogP contribution in [-0.4, -0.2) is 92.3 Å². The van der Waals surface area contributed by atoms with E-state index in [1.54, 1.807) is 0 Å². The third kappa shape index (κ3) is 3.74. The SMILES string of the molecule is Cc1cc(C(=O)NC2CN3C(=N)N[C@@H](CN4C(=O)CCC4=O)[C@@H]4NC(=N)N[C@@]43C2(O)O)cc(C(F)(F)F)c1. The summed E-state index contributed by atoms with van der Waals surface area (Å²) in [5.41, 5.74) is -3.22. The molecule has 4 atom stereocenters. The van der Waals surface area contributed by atoms with Crippen molar-refractivity contribution in [2.24, 2.45) is 0 Å². The molecular weight excluding hydrogens is 513 g/mol. The number of hydrogen-bond acceptors (Lipinski definition) is 7. The van der Waals surface area contributed by atoms with Crippen LogP contribution in [0.15, 0.2) is 18.2 Å². The average molecular weight is 538 g/mol. The van der Waals surface area contributed by atoms with Crippen LogP contribution in [0.3, 0.4) is 0 Å². The second-order valence-electron chi connectivity index (χ2n) is 9.83. The van der Waals surface area contributed by atoms with Crippen molar-refractivity contribution in [1.82, 2.24) is 31.1 Å². The second-order valence-corrected chi connectivity index (χ2v) is 9.83. The molecule has 8 N–H and O–H groups in total. The molecule has 16 heteroatoms. The van der Waals surface area contributed by atoms with E-state index >= 15 is 0 Å². The first-order valence-corrected chi connectivity index (χ1v) is 11.7. The van der Waals surface area contributed by atoms with Crippen molar-refractivity contribution in [2.75, 3.05) is 13.1 Å². The van der Waals surface area contributed by atoms with Gasteiger partial charge in [-0.15, -0.1) is 0 Å². The van der Waals surface area contributed by atoms with Crippen molar-refractivity contribution >= 4 is 29.6 Å². The highest BCUT2D eigenvalue weighted by Crippen LogP contribution is 2.43. The van der Waals surface area contributed by atoms with E-state index in [0.717, 1.165) is 11.0 Å². The molecule has 1 aromatic carbocycles. The number of likely N-dealkylation sites (tertiary alicyclic amines) is 1. The van der Waals surface area contributed by atoms with Gasteiger partial charge in [0.15, 0.2) is 17.6 Å². The van der Waals surface area contributed by atoms with Gasteiger partial charge in [-0.05, 0) is 30.7 Å². The summed E-state index contributed by atoms with van der Waals surface area (Å²) in [7, 11) is 0. The number of carbonyl (C=O) groups excluding carboxylic acids is 3. The fourth-order valence-corrected chi connectivity index (χ4v) is 5.67. The molecular formula is C22H25F3N8O5. The number of nitrogens with one attached hydrogen (secondary N) is 6. The zero-order valence-electron chi connectivity index (χ0n) is 19.9. The predicted molar refractivity (Wildman–Crippen MR) is 122 cm³/mol. The molecule has 4 saturated heterocycles. The van der Waals surface area contributed by atoms with Crippen LogP contribution in [0.2, 0.25) is 0 Å². The summed E-state index contributed by atoms with van der Waals surface area (Å²) in [5, 5.41) is 50.0. The quantitative estimate of drug-likeness (QED) is 0.164. The van der Waals surface area contributed by atoms with E-state index in [2.05, 4.69) is 21.3 Å². The Morgan fingerprint density at radius 2 is 1.82 bits per heavy atom. The molecule has 3 amide bonds. The van der Waals surface area contributed by atoms with Crippen LogP contribution in [0.1, 0.15) is 34.3 Å². The summed E-state index contributed by atoms with van der Waals surface area (Å²) in [6, 6.07) is -0.794. The summed E-state index contributed by atoms with van der Waals surface area (Å²) in [5.74, 6) is -5.40. The third-order valence-electron chi connectivity index (χ3n) is 7.40. The van der Waals surface area contributed by atoms with Gasteiger partial charge in [0.05, 0.1) is 24.2 Å². The summed E-state index contributed by atoms with van der Waals surface area (Å²) in [6.07, 6.45) is -4.65. The Bertz CT molecular complexity index is 1250. The molecule has 0 bridgehead atoms. The maximum absolute atomic E-state index is 13.3. The van der Waals surface area contributed by atoms with Crippen LogP contribution in [0.5, 0.6) is 0 Å². The van der Waals surface area contributed by atoms with Gasteiger partial charge in [0, 0.05) is 24.9 Å². The molecule has 4 aliphatic rings. The molecule has 0 aromatic heterocycles. The normalized spacial score (nSPS) is 30.0. The number of nitrogens with zero attached hydrogens (tertiary/aromatic N) is 2. The van der Waals surface area contributed by atoms with Gasteiger partial charge in [-0.2, -0.15) is 13.2 Å². The monoisotopic (exact) mass is 538 g/mol. The van der Waals surface area contributed by atoms with Crippen LogP contribution >= 0.6 is 0 Å². The molecule has 4 aliphatic heterocycles. The van der Waals surface area contributed by atoms with Crippen molar-refractivity contribution in [1.29, 1.82) is 10.8 Å². The van der Waals surface area contributed by atoms with Crippen molar-refractivity contribution in [3.63, 3.8) is 0 Å². The van der Waals surface area contributed by atoms with Gasteiger partial charge in [-0.25, -0.2) is 0 Å². The lowest BCUT2D eigenvalue weighted by molar-refractivity contribution is -0.232. The Hall–Kier alpha value is -3.92. The van der Waals surface area contributed by atoms with Gasteiger partial charge in [0.25, 0.3) is 5.91 Å². The zero-order valence-corrected chi connectivity index (χ0v) is 19.9. The predicted octanol–water partition coefficient (Wildman–Crippen LogP) is -1.64. The maximum Gasteiger partial charge on any atom is 0.416 e. The fraction of sp³-hybridized carbons (Fsp3) is 0.500. The van der Waals surface area contributed by atoms with Gasteiger partial charge in [0.2, 0.25) is 17.6 Å². The van der Waals surface area contributed by atoms with E-state index in [1.807, 2.05) is 0 Å². The lowest BCUT2D eigenvalue weighted by Gasteiger charge is -2.51. The molecule has 1 unspecified atom stereocenters. The largest absolute Gasteiger partial charge is 0.416 e. The van der Waals surface area contributed by atoms with Crippen molar-refractivity contribution in [2.45, 2.75) is 55.5 Å². The number of benzene rings is 1. The van der Waals surface area contributed by atoms with E-state index in [9.17, 15) is 37.8 Å². The highest BCUT2D eigenvalue weighted by atomic mass is 19.4. The Balaban J connectivity index is 1.45. The molecule has 4 fully saturated rings. The minimum absolute atomic E-state index is 0.0273. The molecule has 1 spiro atoms.